The van der Waals surface area contributed by atoms with E-state index in [1.54, 1.807) is 57.2 Å². The van der Waals surface area contributed by atoms with Gasteiger partial charge in [0.25, 0.3) is 5.91 Å². The minimum Gasteiger partial charge on any atom is -0.444 e. The van der Waals surface area contributed by atoms with Crippen LogP contribution in [0.25, 0.3) is 6.08 Å². The lowest BCUT2D eigenvalue weighted by atomic mass is 9.91. The summed E-state index contributed by atoms with van der Waals surface area (Å²) < 4.78 is 5.30. The van der Waals surface area contributed by atoms with Crippen LogP contribution in [0.15, 0.2) is 49.0 Å². The van der Waals surface area contributed by atoms with Crippen molar-refractivity contribution in [3.63, 3.8) is 0 Å². The third kappa shape index (κ3) is 8.31. The van der Waals surface area contributed by atoms with Crippen LogP contribution >= 0.6 is 11.6 Å². The van der Waals surface area contributed by atoms with E-state index >= 15 is 0 Å². The number of nitrogens with zero attached hydrogens (tertiary/aromatic N) is 1. The van der Waals surface area contributed by atoms with Gasteiger partial charge in [-0.1, -0.05) is 61.5 Å². The smallest absolute Gasteiger partial charge is 0.408 e. The normalized spacial score (nSPS) is 13.2. The minimum absolute atomic E-state index is 0.356. The molecule has 0 aliphatic carbocycles. The van der Waals surface area contributed by atoms with Crippen molar-refractivity contribution in [1.29, 1.82) is 0 Å². The minimum atomic E-state index is -1.36. The topological polar surface area (TPSA) is 108 Å². The van der Waals surface area contributed by atoms with Gasteiger partial charge in [0.2, 0.25) is 5.91 Å². The van der Waals surface area contributed by atoms with E-state index in [0.29, 0.717) is 22.7 Å². The van der Waals surface area contributed by atoms with E-state index in [1.807, 2.05) is 39.8 Å². The highest BCUT2D eigenvalue weighted by atomic mass is 35.5. The molecule has 212 valence electrons. The zero-order chi connectivity index (χ0) is 29.5. The van der Waals surface area contributed by atoms with Crippen LogP contribution < -0.4 is 10.6 Å². The third-order valence-corrected chi connectivity index (χ3v) is 6.68. The summed E-state index contributed by atoms with van der Waals surface area (Å²) in [5, 5.41) is 15.9. The molecular formula is C30H40ClN3O5. The highest BCUT2D eigenvalue weighted by molar-refractivity contribution is 6.34. The van der Waals surface area contributed by atoms with Crippen molar-refractivity contribution in [3.05, 3.63) is 70.8 Å². The van der Waals surface area contributed by atoms with Gasteiger partial charge in [-0.05, 0) is 76.8 Å². The average Bonchev–Trinajstić information content (AvgIpc) is 2.86. The van der Waals surface area contributed by atoms with Crippen LogP contribution in [0.3, 0.4) is 0 Å². The largest absolute Gasteiger partial charge is 0.444 e. The standard InChI is InChI=1S/C30H40ClN3O5/c1-9-20-14-12-15-21(17-20)25(26(36)33-24-19(3)13-11-16-22(24)31)34(30(7,8)10-2)27(37)23(18-35)32-28(38)39-29(4,5)6/h9,11-17,23,25,35H,1,10,18H2,2-8H3,(H,32,38)(H,33,36). The van der Waals surface area contributed by atoms with E-state index in [1.165, 1.54) is 4.90 Å². The second kappa shape index (κ2) is 13.1. The maximum absolute atomic E-state index is 14.1. The summed E-state index contributed by atoms with van der Waals surface area (Å²) in [5.74, 6) is -1.15. The molecule has 3 N–H and O–H groups in total. The molecule has 39 heavy (non-hydrogen) atoms. The molecule has 2 unspecified atom stereocenters. The van der Waals surface area contributed by atoms with Gasteiger partial charge in [0.15, 0.2) is 0 Å². The SMILES string of the molecule is C=Cc1cccc(C(C(=O)Nc2c(C)cccc2Cl)N(C(=O)C(CO)NC(=O)OC(C)(C)C)C(C)(C)CC)c1. The van der Waals surface area contributed by atoms with Gasteiger partial charge in [0.1, 0.15) is 17.7 Å². The van der Waals surface area contributed by atoms with E-state index in [2.05, 4.69) is 17.2 Å². The molecule has 2 atom stereocenters. The van der Waals surface area contributed by atoms with E-state index in [0.717, 1.165) is 11.1 Å². The number of nitrogens with one attached hydrogen (secondary N) is 2. The maximum Gasteiger partial charge on any atom is 0.408 e. The number of aliphatic hydroxyl groups is 1. The first-order valence-electron chi connectivity index (χ1n) is 12.9. The lowest BCUT2D eigenvalue weighted by molar-refractivity contribution is -0.148. The quantitative estimate of drug-likeness (QED) is 0.338. The number of benzene rings is 2. The molecule has 0 aromatic heterocycles. The number of rotatable bonds is 10. The van der Waals surface area contributed by atoms with Crippen LogP contribution in [0.1, 0.15) is 70.7 Å². The molecule has 0 aliphatic heterocycles. The van der Waals surface area contributed by atoms with E-state index in [9.17, 15) is 19.5 Å². The Morgan fingerprint density at radius 2 is 1.77 bits per heavy atom. The fourth-order valence-electron chi connectivity index (χ4n) is 4.00. The predicted octanol–water partition coefficient (Wildman–Crippen LogP) is 5.87. The van der Waals surface area contributed by atoms with Gasteiger partial charge in [0, 0.05) is 5.54 Å². The number of amides is 3. The number of halogens is 1. The lowest BCUT2D eigenvalue weighted by Gasteiger charge is -2.44. The second-order valence-electron chi connectivity index (χ2n) is 11.0. The number of anilines is 1. The van der Waals surface area contributed by atoms with E-state index < -0.39 is 47.7 Å². The Labute approximate surface area is 236 Å². The molecule has 0 radical (unpaired) electrons. The van der Waals surface area contributed by atoms with Gasteiger partial charge >= 0.3 is 6.09 Å². The fraction of sp³-hybridized carbons (Fsp3) is 0.433. The van der Waals surface area contributed by atoms with Crippen molar-refractivity contribution in [3.8, 4) is 0 Å². The number of carbonyl (C=O) groups excluding carboxylic acids is 3. The summed E-state index contributed by atoms with van der Waals surface area (Å²) in [6.07, 6.45) is 1.26. The molecule has 0 bridgehead atoms. The van der Waals surface area contributed by atoms with Gasteiger partial charge in [-0.15, -0.1) is 0 Å². The molecule has 0 saturated heterocycles. The Kier molecular flexibility index (Phi) is 10.7. The van der Waals surface area contributed by atoms with Crippen LogP contribution in [0.2, 0.25) is 5.02 Å². The number of carbonyl (C=O) groups is 3. The first-order valence-corrected chi connectivity index (χ1v) is 13.2. The molecule has 0 saturated carbocycles. The Balaban J connectivity index is 2.66. The zero-order valence-corrected chi connectivity index (χ0v) is 24.6. The monoisotopic (exact) mass is 557 g/mol. The number of aliphatic hydroxyl groups excluding tert-OH is 1. The van der Waals surface area contributed by atoms with Gasteiger partial charge in [-0.2, -0.15) is 0 Å². The molecule has 2 rings (SSSR count). The molecule has 0 heterocycles. The van der Waals surface area contributed by atoms with Crippen molar-refractivity contribution in [2.75, 3.05) is 11.9 Å². The fourth-order valence-corrected chi connectivity index (χ4v) is 4.27. The summed E-state index contributed by atoms with van der Waals surface area (Å²) >= 11 is 6.41. The van der Waals surface area contributed by atoms with Crippen molar-refractivity contribution >= 4 is 41.3 Å². The molecule has 0 aliphatic rings. The van der Waals surface area contributed by atoms with E-state index in [4.69, 9.17) is 16.3 Å². The third-order valence-electron chi connectivity index (χ3n) is 6.37. The van der Waals surface area contributed by atoms with Crippen molar-refractivity contribution in [1.82, 2.24) is 10.2 Å². The number of hydrogen-bond donors (Lipinski definition) is 3. The summed E-state index contributed by atoms with van der Waals surface area (Å²) in [6, 6.07) is 9.91. The molecule has 0 fully saturated rings. The van der Waals surface area contributed by atoms with Gasteiger partial charge in [-0.3, -0.25) is 9.59 Å². The maximum atomic E-state index is 14.1. The molecule has 0 spiro atoms. The lowest BCUT2D eigenvalue weighted by Crippen LogP contribution is -2.59. The number of para-hydroxylation sites is 1. The highest BCUT2D eigenvalue weighted by Crippen LogP contribution is 2.35. The Morgan fingerprint density at radius 1 is 1.13 bits per heavy atom. The van der Waals surface area contributed by atoms with Crippen LogP contribution in [-0.2, 0) is 14.3 Å². The van der Waals surface area contributed by atoms with E-state index in [-0.39, 0.29) is 0 Å². The van der Waals surface area contributed by atoms with Gasteiger partial charge in [-0.25, -0.2) is 4.79 Å². The Bertz CT molecular complexity index is 1190. The predicted molar refractivity (Wildman–Crippen MR) is 156 cm³/mol. The number of ether oxygens (including phenoxy) is 1. The molecule has 2 aromatic carbocycles. The first kappa shape index (κ1) is 31.9. The number of aryl methyl sites for hydroxylation is 1. The summed E-state index contributed by atoms with van der Waals surface area (Å²) in [7, 11) is 0. The Morgan fingerprint density at radius 3 is 2.31 bits per heavy atom. The highest BCUT2D eigenvalue weighted by Gasteiger charge is 2.43. The molecule has 8 nitrogen and oxygen atoms in total. The van der Waals surface area contributed by atoms with Crippen molar-refractivity contribution < 1.29 is 24.2 Å². The number of alkyl carbamates (subject to hydrolysis) is 1. The second-order valence-corrected chi connectivity index (χ2v) is 11.4. The molecule has 3 amide bonds. The van der Waals surface area contributed by atoms with Crippen LogP contribution in [0.5, 0.6) is 0 Å². The average molecular weight is 558 g/mol. The summed E-state index contributed by atoms with van der Waals surface area (Å²) in [5.41, 5.74) is 0.783. The molecular weight excluding hydrogens is 518 g/mol. The van der Waals surface area contributed by atoms with Crippen LogP contribution in [0.4, 0.5) is 10.5 Å². The molecule has 9 heteroatoms. The summed E-state index contributed by atoms with van der Waals surface area (Å²) in [6.45, 7) is 15.6. The van der Waals surface area contributed by atoms with Crippen molar-refractivity contribution in [2.45, 2.75) is 78.1 Å². The van der Waals surface area contributed by atoms with Crippen LogP contribution in [0, 0.1) is 6.92 Å². The Hall–Kier alpha value is -3.36. The van der Waals surface area contributed by atoms with Gasteiger partial charge in [0.05, 0.1) is 17.3 Å². The first-order chi connectivity index (χ1) is 18.1. The number of hydrogen-bond acceptors (Lipinski definition) is 5. The summed E-state index contributed by atoms with van der Waals surface area (Å²) in [4.78, 5) is 42.1. The van der Waals surface area contributed by atoms with Gasteiger partial charge < -0.3 is 25.4 Å². The van der Waals surface area contributed by atoms with Crippen LogP contribution in [-0.4, -0.2) is 51.7 Å². The van der Waals surface area contributed by atoms with Crippen molar-refractivity contribution in [2.24, 2.45) is 0 Å². The molecule has 2 aromatic rings. The zero-order valence-electron chi connectivity index (χ0n) is 23.8.